The van der Waals surface area contributed by atoms with Crippen molar-refractivity contribution in [1.82, 2.24) is 34.9 Å². The zero-order chi connectivity index (χ0) is 52.1. The minimum absolute atomic E-state index is 0.485. The molecule has 0 aliphatic carbocycles. The highest BCUT2D eigenvalue weighted by atomic mass is 14.8. The van der Waals surface area contributed by atoms with Gasteiger partial charge in [-0.05, 0) is 107 Å². The quantitative estimate of drug-likeness (QED) is 0.164. The summed E-state index contributed by atoms with van der Waals surface area (Å²) in [5, 5.41) is 0. The Kier molecular flexibility index (Phi) is 61.4. The number of hydrogen-bond acceptors (Lipinski definition) is 7. The van der Waals surface area contributed by atoms with Crippen molar-refractivity contribution in [2.45, 2.75) is 202 Å². The first kappa shape index (κ1) is 72.4. The van der Waals surface area contributed by atoms with Gasteiger partial charge in [-0.25, -0.2) is 0 Å². The predicted molar refractivity (Wildman–Crippen MR) is 296 cm³/mol. The smallest absolute Gasteiger partial charge is 0.0612 e. The molecule has 0 N–H and O–H groups in total. The molecule has 0 spiro atoms. The van der Waals surface area contributed by atoms with Crippen LogP contribution < -0.4 is 0 Å². The zero-order valence-corrected chi connectivity index (χ0v) is 46.9. The van der Waals surface area contributed by atoms with Gasteiger partial charge in [0, 0.05) is 79.6 Å². The molecule has 6 rings (SSSR count). The molecule has 0 aliphatic heterocycles. The van der Waals surface area contributed by atoms with Crippen LogP contribution >= 0.6 is 0 Å². The van der Waals surface area contributed by atoms with E-state index >= 15 is 0 Å². The summed E-state index contributed by atoms with van der Waals surface area (Å²) in [4.78, 5) is 28.3. The summed E-state index contributed by atoms with van der Waals surface area (Å²) in [5.41, 5.74) is 7.39. The van der Waals surface area contributed by atoms with Crippen molar-refractivity contribution in [2.75, 3.05) is 0 Å². The van der Waals surface area contributed by atoms with Gasteiger partial charge in [-0.1, -0.05) is 184 Å². The molecule has 372 valence electrons. The zero-order valence-electron chi connectivity index (χ0n) is 46.9. The van der Waals surface area contributed by atoms with Crippen LogP contribution in [0.5, 0.6) is 0 Å². The van der Waals surface area contributed by atoms with Gasteiger partial charge in [0.2, 0.25) is 0 Å². The summed E-state index contributed by atoms with van der Waals surface area (Å²) >= 11 is 0. The van der Waals surface area contributed by atoms with E-state index in [1.54, 1.807) is 24.8 Å². The summed E-state index contributed by atoms with van der Waals surface area (Å²) in [6.07, 6.45) is 19.9. The highest BCUT2D eigenvalue weighted by Crippen LogP contribution is 2.13. The van der Waals surface area contributed by atoms with Crippen LogP contribution in [0.2, 0.25) is 0 Å². The summed E-state index contributed by atoms with van der Waals surface area (Å²) in [5.74, 6) is 3.41. The Morgan fingerprint density at radius 1 is 0.242 bits per heavy atom. The topological polar surface area (TPSA) is 90.2 Å². The maximum absolute atomic E-state index is 4.18. The lowest BCUT2D eigenvalue weighted by Gasteiger charge is -2.01. The van der Waals surface area contributed by atoms with Gasteiger partial charge in [0.15, 0.2) is 0 Å². The highest BCUT2D eigenvalue weighted by molar-refractivity contribution is 5.14. The first-order valence-electron chi connectivity index (χ1n) is 25.1. The second-order valence-corrected chi connectivity index (χ2v) is 14.4. The van der Waals surface area contributed by atoms with E-state index in [0.29, 0.717) is 35.5 Å². The average Bonchev–Trinajstić information content (AvgIpc) is 3.40. The Morgan fingerprint density at radius 3 is 0.758 bits per heavy atom. The number of rotatable bonds is 6. The molecule has 6 aromatic heterocycles. The fourth-order valence-electron chi connectivity index (χ4n) is 4.26. The number of hydrogen-bond donors (Lipinski definition) is 0. The molecular weight excluding hydrogens is 807 g/mol. The lowest BCUT2D eigenvalue weighted by atomic mass is 10.1. The standard InChI is InChI=1S/5C8H11N.C7H10N2.6C2H6/c2*1-7(2)8-3-5-9-6-4-8;1-7(2)8-4-3-5-9-6-8;2*1-7(2)8-5-3-4-6-9-8;1-6(2)7-5-8-3-4-9-7;6*1-2/h5*3-7H,1-2H3;3-6H,1-2H3;6*1-2H3. The number of aromatic nitrogens is 7. The second-order valence-electron chi connectivity index (χ2n) is 14.4. The van der Waals surface area contributed by atoms with Crippen molar-refractivity contribution >= 4 is 0 Å². The molecule has 0 saturated heterocycles. The third-order valence-corrected chi connectivity index (χ3v) is 7.83. The normalized spacial score (nSPS) is 8.82. The van der Waals surface area contributed by atoms with Crippen molar-refractivity contribution in [3.63, 3.8) is 0 Å². The molecule has 6 aromatic rings. The Balaban J connectivity index is -0.000000156. The van der Waals surface area contributed by atoms with E-state index in [2.05, 4.69) is 124 Å². The summed E-state index contributed by atoms with van der Waals surface area (Å²) < 4.78 is 0. The molecule has 7 heteroatoms. The molecule has 7 nitrogen and oxygen atoms in total. The van der Waals surface area contributed by atoms with Crippen LogP contribution in [0.3, 0.4) is 0 Å². The summed E-state index contributed by atoms with van der Waals surface area (Å²) in [6.45, 7) is 49.8. The van der Waals surface area contributed by atoms with E-state index < -0.39 is 0 Å². The van der Waals surface area contributed by atoms with Crippen LogP contribution in [0.1, 0.15) is 235 Å². The molecule has 0 bridgehead atoms. The van der Waals surface area contributed by atoms with Gasteiger partial charge in [-0.15, -0.1) is 0 Å². The molecule has 0 unspecified atom stereocenters. The molecule has 0 atom stereocenters. The molecule has 0 aliphatic rings. The third kappa shape index (κ3) is 44.1. The highest BCUT2D eigenvalue weighted by Gasteiger charge is 1.98. The van der Waals surface area contributed by atoms with Gasteiger partial charge in [0.1, 0.15) is 0 Å². The second kappa shape index (κ2) is 56.0. The third-order valence-electron chi connectivity index (χ3n) is 7.83. The lowest BCUT2D eigenvalue weighted by molar-refractivity contribution is 0.812. The molecule has 0 fully saturated rings. The SMILES string of the molecule is CC.CC.CC.CC.CC.CC.CC(C)c1ccccn1.CC(C)c1ccccn1.CC(C)c1cccnc1.CC(C)c1ccncc1.CC(C)c1ccncc1.CC(C)c1cnccn1. The van der Waals surface area contributed by atoms with Crippen LogP contribution in [0, 0.1) is 0 Å². The summed E-state index contributed by atoms with van der Waals surface area (Å²) in [6, 6.07) is 24.2. The van der Waals surface area contributed by atoms with E-state index in [-0.39, 0.29) is 0 Å². The predicted octanol–water partition coefficient (Wildman–Crippen LogP) is 18.8. The molecule has 0 saturated carbocycles. The van der Waals surface area contributed by atoms with Crippen molar-refractivity contribution < 1.29 is 0 Å². The van der Waals surface area contributed by atoms with Crippen LogP contribution in [-0.4, -0.2) is 34.9 Å². The van der Waals surface area contributed by atoms with Crippen LogP contribution in [0.25, 0.3) is 0 Å². The van der Waals surface area contributed by atoms with Gasteiger partial charge >= 0.3 is 0 Å². The van der Waals surface area contributed by atoms with Crippen molar-refractivity contribution in [3.8, 4) is 0 Å². The van der Waals surface area contributed by atoms with Crippen LogP contribution in [0.4, 0.5) is 0 Å². The van der Waals surface area contributed by atoms with E-state index in [1.165, 1.54) is 16.7 Å². The van der Waals surface area contributed by atoms with Gasteiger partial charge in [-0.3, -0.25) is 34.9 Å². The van der Waals surface area contributed by atoms with Gasteiger partial charge in [0.05, 0.1) is 5.69 Å². The fourth-order valence-corrected chi connectivity index (χ4v) is 4.26. The number of nitrogens with zero attached hydrogens (tertiary/aromatic N) is 7. The Hall–Kier alpha value is -5.17. The first-order valence-corrected chi connectivity index (χ1v) is 25.1. The fraction of sp³-hybridized carbons (Fsp3) is 0.508. The van der Waals surface area contributed by atoms with E-state index in [0.717, 1.165) is 17.1 Å². The molecule has 0 radical (unpaired) electrons. The van der Waals surface area contributed by atoms with Crippen LogP contribution in [0.15, 0.2) is 141 Å². The van der Waals surface area contributed by atoms with E-state index in [1.807, 2.05) is 193 Å². The van der Waals surface area contributed by atoms with Crippen LogP contribution in [-0.2, 0) is 0 Å². The molecule has 66 heavy (non-hydrogen) atoms. The monoisotopic (exact) mass is 908 g/mol. The summed E-state index contributed by atoms with van der Waals surface area (Å²) in [7, 11) is 0. The van der Waals surface area contributed by atoms with Crippen molar-refractivity contribution in [1.29, 1.82) is 0 Å². The Bertz CT molecular complexity index is 1350. The molecule has 0 amide bonds. The molecular formula is C59H101N7. The molecule has 0 aromatic carbocycles. The van der Waals surface area contributed by atoms with Gasteiger partial charge in [0.25, 0.3) is 0 Å². The van der Waals surface area contributed by atoms with E-state index in [4.69, 9.17) is 0 Å². The largest absolute Gasteiger partial charge is 0.265 e. The minimum Gasteiger partial charge on any atom is -0.265 e. The first-order chi connectivity index (χ1) is 31.8. The lowest BCUT2D eigenvalue weighted by Crippen LogP contribution is -1.91. The maximum atomic E-state index is 4.18. The van der Waals surface area contributed by atoms with E-state index in [9.17, 15) is 0 Å². The average molecular weight is 909 g/mol. The van der Waals surface area contributed by atoms with Crippen molar-refractivity contribution in [3.05, 3.63) is 175 Å². The number of pyridine rings is 5. The molecule has 6 heterocycles. The maximum Gasteiger partial charge on any atom is 0.0612 e. The minimum atomic E-state index is 0.485. The van der Waals surface area contributed by atoms with Crippen molar-refractivity contribution in [2.24, 2.45) is 0 Å². The Morgan fingerprint density at radius 2 is 0.576 bits per heavy atom. The Labute approximate surface area is 409 Å². The van der Waals surface area contributed by atoms with Gasteiger partial charge < -0.3 is 0 Å². The van der Waals surface area contributed by atoms with Gasteiger partial charge in [-0.2, -0.15) is 0 Å².